The van der Waals surface area contributed by atoms with Crippen LogP contribution in [0.2, 0.25) is 0 Å². The highest BCUT2D eigenvalue weighted by atomic mass is 79.9. The van der Waals surface area contributed by atoms with E-state index in [0.717, 1.165) is 10.2 Å². The number of anilines is 1. The van der Waals surface area contributed by atoms with Crippen LogP contribution in [0.25, 0.3) is 11.1 Å². The van der Waals surface area contributed by atoms with E-state index in [0.29, 0.717) is 0 Å². The number of thiophene rings is 1. The van der Waals surface area contributed by atoms with Crippen molar-refractivity contribution >= 4 is 33.0 Å². The molecule has 0 aliphatic rings. The lowest BCUT2D eigenvalue weighted by Gasteiger charge is -2.04. The van der Waals surface area contributed by atoms with Crippen molar-refractivity contribution in [3.8, 4) is 11.1 Å². The SMILES string of the molecule is Cc1cc(-c2ccc(N)cc2Br)c(C)s1. The molecule has 15 heavy (non-hydrogen) atoms. The zero-order valence-corrected chi connectivity index (χ0v) is 11.1. The van der Waals surface area contributed by atoms with E-state index in [9.17, 15) is 0 Å². The number of nitrogens with two attached hydrogens (primary N) is 1. The molecule has 2 rings (SSSR count). The quantitative estimate of drug-likeness (QED) is 0.772. The summed E-state index contributed by atoms with van der Waals surface area (Å²) in [6, 6.07) is 8.17. The third-order valence-electron chi connectivity index (χ3n) is 2.32. The number of benzene rings is 1. The lowest BCUT2D eigenvalue weighted by molar-refractivity contribution is 1.54. The maximum absolute atomic E-state index is 5.72. The van der Waals surface area contributed by atoms with Gasteiger partial charge in [0.25, 0.3) is 0 Å². The monoisotopic (exact) mass is 281 g/mol. The van der Waals surface area contributed by atoms with Gasteiger partial charge in [-0.3, -0.25) is 0 Å². The molecule has 0 unspecified atom stereocenters. The van der Waals surface area contributed by atoms with Gasteiger partial charge in [0.05, 0.1) is 0 Å². The first kappa shape index (κ1) is 10.7. The fraction of sp³-hybridized carbons (Fsp3) is 0.167. The number of halogens is 1. The molecule has 0 aliphatic heterocycles. The van der Waals surface area contributed by atoms with Crippen LogP contribution in [0.4, 0.5) is 5.69 Å². The fourth-order valence-electron chi connectivity index (χ4n) is 1.65. The van der Waals surface area contributed by atoms with Crippen molar-refractivity contribution in [1.82, 2.24) is 0 Å². The molecular formula is C12H12BrNS. The Labute approximate surface area is 102 Å². The summed E-state index contributed by atoms with van der Waals surface area (Å²) in [5, 5.41) is 0. The molecule has 0 amide bonds. The summed E-state index contributed by atoms with van der Waals surface area (Å²) >= 11 is 5.38. The minimum atomic E-state index is 0.787. The van der Waals surface area contributed by atoms with E-state index >= 15 is 0 Å². The van der Waals surface area contributed by atoms with Gasteiger partial charge < -0.3 is 5.73 Å². The van der Waals surface area contributed by atoms with Crippen molar-refractivity contribution in [2.24, 2.45) is 0 Å². The maximum atomic E-state index is 5.72. The average molecular weight is 282 g/mol. The third kappa shape index (κ3) is 2.08. The predicted molar refractivity (Wildman–Crippen MR) is 71.3 cm³/mol. The zero-order chi connectivity index (χ0) is 11.0. The first-order valence-corrected chi connectivity index (χ1v) is 6.31. The molecule has 0 radical (unpaired) electrons. The van der Waals surface area contributed by atoms with Gasteiger partial charge in [0.15, 0.2) is 0 Å². The Bertz CT molecular complexity index is 502. The van der Waals surface area contributed by atoms with Crippen molar-refractivity contribution in [1.29, 1.82) is 0 Å². The van der Waals surface area contributed by atoms with Crippen LogP contribution in [0, 0.1) is 13.8 Å². The molecule has 78 valence electrons. The van der Waals surface area contributed by atoms with Crippen molar-refractivity contribution in [2.75, 3.05) is 5.73 Å². The summed E-state index contributed by atoms with van der Waals surface area (Å²) in [6.07, 6.45) is 0. The van der Waals surface area contributed by atoms with Crippen molar-refractivity contribution in [2.45, 2.75) is 13.8 Å². The molecule has 0 atom stereocenters. The fourth-order valence-corrected chi connectivity index (χ4v) is 3.20. The van der Waals surface area contributed by atoms with Crippen LogP contribution >= 0.6 is 27.3 Å². The highest BCUT2D eigenvalue weighted by molar-refractivity contribution is 9.10. The van der Waals surface area contributed by atoms with E-state index in [1.54, 1.807) is 0 Å². The van der Waals surface area contributed by atoms with E-state index in [4.69, 9.17) is 5.73 Å². The molecule has 0 saturated heterocycles. The second-order valence-corrected chi connectivity index (χ2v) is 5.88. The number of hydrogen-bond donors (Lipinski definition) is 1. The van der Waals surface area contributed by atoms with Crippen LogP contribution < -0.4 is 5.73 Å². The topological polar surface area (TPSA) is 26.0 Å². The Morgan fingerprint density at radius 2 is 1.87 bits per heavy atom. The number of rotatable bonds is 1. The Hall–Kier alpha value is -0.800. The molecule has 1 aromatic carbocycles. The van der Waals surface area contributed by atoms with Crippen LogP contribution in [0.15, 0.2) is 28.7 Å². The van der Waals surface area contributed by atoms with Crippen LogP contribution in [0.1, 0.15) is 9.75 Å². The molecule has 0 spiro atoms. The van der Waals surface area contributed by atoms with Crippen LogP contribution in [-0.2, 0) is 0 Å². The van der Waals surface area contributed by atoms with Gasteiger partial charge in [0.1, 0.15) is 0 Å². The molecule has 0 saturated carbocycles. The Balaban J connectivity index is 2.59. The number of nitrogen functional groups attached to an aromatic ring is 1. The Morgan fingerprint density at radius 1 is 1.13 bits per heavy atom. The van der Waals surface area contributed by atoms with Gasteiger partial charge in [0.2, 0.25) is 0 Å². The summed E-state index contributed by atoms with van der Waals surface area (Å²) in [4.78, 5) is 2.68. The molecule has 0 fully saturated rings. The molecule has 1 nitrogen and oxygen atoms in total. The van der Waals surface area contributed by atoms with Crippen molar-refractivity contribution < 1.29 is 0 Å². The lowest BCUT2D eigenvalue weighted by Crippen LogP contribution is -1.86. The first-order chi connectivity index (χ1) is 7.08. The number of aryl methyl sites for hydroxylation is 2. The lowest BCUT2D eigenvalue weighted by atomic mass is 10.1. The third-order valence-corrected chi connectivity index (χ3v) is 3.95. The van der Waals surface area contributed by atoms with Gasteiger partial charge in [-0.15, -0.1) is 11.3 Å². The van der Waals surface area contributed by atoms with Gasteiger partial charge in [-0.1, -0.05) is 22.0 Å². The van der Waals surface area contributed by atoms with Gasteiger partial charge in [-0.2, -0.15) is 0 Å². The Morgan fingerprint density at radius 3 is 2.40 bits per heavy atom. The van der Waals surface area contributed by atoms with Gasteiger partial charge >= 0.3 is 0 Å². The van der Waals surface area contributed by atoms with Gasteiger partial charge in [-0.25, -0.2) is 0 Å². The average Bonchev–Trinajstić information content (AvgIpc) is 2.45. The minimum Gasteiger partial charge on any atom is -0.399 e. The van der Waals surface area contributed by atoms with E-state index in [1.165, 1.54) is 20.9 Å². The summed E-state index contributed by atoms with van der Waals surface area (Å²) in [6.45, 7) is 4.28. The molecule has 0 bridgehead atoms. The van der Waals surface area contributed by atoms with Crippen LogP contribution in [0.3, 0.4) is 0 Å². The second kappa shape index (κ2) is 3.99. The number of hydrogen-bond acceptors (Lipinski definition) is 2. The molecule has 1 aromatic heterocycles. The molecular weight excluding hydrogens is 270 g/mol. The largest absolute Gasteiger partial charge is 0.399 e. The normalized spacial score (nSPS) is 10.6. The van der Waals surface area contributed by atoms with Gasteiger partial charge in [-0.05, 0) is 43.2 Å². The summed E-state index contributed by atoms with van der Waals surface area (Å²) in [5.41, 5.74) is 9.02. The molecule has 2 N–H and O–H groups in total. The highest BCUT2D eigenvalue weighted by Gasteiger charge is 2.08. The zero-order valence-electron chi connectivity index (χ0n) is 8.67. The van der Waals surface area contributed by atoms with E-state index in [1.807, 2.05) is 23.5 Å². The molecule has 3 heteroatoms. The molecule has 0 aliphatic carbocycles. The van der Waals surface area contributed by atoms with Crippen molar-refractivity contribution in [3.63, 3.8) is 0 Å². The minimum absolute atomic E-state index is 0.787. The molecule has 1 heterocycles. The first-order valence-electron chi connectivity index (χ1n) is 4.70. The molecule has 2 aromatic rings. The summed E-state index contributed by atoms with van der Waals surface area (Å²) in [7, 11) is 0. The standard InChI is InChI=1S/C12H12BrNS/c1-7-5-11(8(2)15-7)10-4-3-9(14)6-12(10)13/h3-6H,14H2,1-2H3. The smallest absolute Gasteiger partial charge is 0.0325 e. The van der Waals surface area contributed by atoms with Crippen LogP contribution in [-0.4, -0.2) is 0 Å². The van der Waals surface area contributed by atoms with Gasteiger partial charge in [0, 0.05) is 19.9 Å². The van der Waals surface area contributed by atoms with E-state index in [-0.39, 0.29) is 0 Å². The van der Waals surface area contributed by atoms with E-state index in [2.05, 4.69) is 41.9 Å². The predicted octanol–water partition coefficient (Wildman–Crippen LogP) is 4.38. The maximum Gasteiger partial charge on any atom is 0.0325 e. The summed E-state index contributed by atoms with van der Waals surface area (Å²) in [5.74, 6) is 0. The van der Waals surface area contributed by atoms with Crippen LogP contribution in [0.5, 0.6) is 0 Å². The van der Waals surface area contributed by atoms with E-state index < -0.39 is 0 Å². The highest BCUT2D eigenvalue weighted by Crippen LogP contribution is 2.35. The Kier molecular flexibility index (Phi) is 2.85. The van der Waals surface area contributed by atoms with Crippen molar-refractivity contribution in [3.05, 3.63) is 38.5 Å². The summed E-state index contributed by atoms with van der Waals surface area (Å²) < 4.78 is 1.06. The second-order valence-electron chi connectivity index (χ2n) is 3.57.